The van der Waals surface area contributed by atoms with Gasteiger partial charge >= 0.3 is 11.7 Å². The fraction of sp³-hybridized carbons (Fsp3) is 0.227. The maximum Gasteiger partial charge on any atom is 0.439 e. The second-order valence-electron chi connectivity index (χ2n) is 7.45. The number of aromatic nitrogens is 2. The summed E-state index contributed by atoms with van der Waals surface area (Å²) in [4.78, 5) is 52.3. The van der Waals surface area contributed by atoms with Crippen molar-refractivity contribution in [1.29, 1.82) is 0 Å². The fourth-order valence-electron chi connectivity index (χ4n) is 3.49. The smallest absolute Gasteiger partial charge is 0.439 e. The van der Waals surface area contributed by atoms with E-state index in [1.165, 1.54) is 24.3 Å². The highest BCUT2D eigenvalue weighted by atomic mass is 19.1. The second kappa shape index (κ2) is 9.85. The average Bonchev–Trinajstić information content (AvgIpc) is 3.24. The Balaban J connectivity index is 1.53. The third-order valence-electron chi connectivity index (χ3n) is 4.97. The molecule has 1 aromatic heterocycles. The van der Waals surface area contributed by atoms with Gasteiger partial charge in [0.05, 0.1) is 6.61 Å². The molecule has 1 aliphatic rings. The molecule has 35 heavy (non-hydrogen) atoms. The normalized spacial score (nSPS) is 16.6. The van der Waals surface area contributed by atoms with Gasteiger partial charge in [-0.3, -0.25) is 23.9 Å². The maximum atomic E-state index is 13.7. The lowest BCUT2D eigenvalue weighted by Gasteiger charge is -2.35. The summed E-state index contributed by atoms with van der Waals surface area (Å²) in [5.41, 5.74) is 0.701. The van der Waals surface area contributed by atoms with Crippen LogP contribution in [0.2, 0.25) is 0 Å². The van der Waals surface area contributed by atoms with Crippen LogP contribution in [0.4, 0.5) is 20.2 Å². The Bertz CT molecular complexity index is 1300. The van der Waals surface area contributed by atoms with Crippen LogP contribution in [0, 0.1) is 11.6 Å². The van der Waals surface area contributed by atoms with Crippen molar-refractivity contribution in [2.75, 3.05) is 23.4 Å². The van der Waals surface area contributed by atoms with E-state index < -0.39 is 47.4 Å². The van der Waals surface area contributed by atoms with E-state index in [1.807, 2.05) is 0 Å². The number of H-pyrrole nitrogens is 1. The number of amides is 2. The highest BCUT2D eigenvalue weighted by Gasteiger charge is 2.42. The van der Waals surface area contributed by atoms with Gasteiger partial charge in [-0.05, 0) is 36.4 Å². The molecule has 0 spiro atoms. The number of esters is 1. The molecule has 4 rings (SSSR count). The summed E-state index contributed by atoms with van der Waals surface area (Å²) in [5.74, 6) is -4.84. The summed E-state index contributed by atoms with van der Waals surface area (Å²) in [6.45, 7) is 0.948. The lowest BCUT2D eigenvalue weighted by Crippen LogP contribution is -2.56. The number of hydrogen-bond acceptors (Lipinski definition) is 8. The van der Waals surface area contributed by atoms with Gasteiger partial charge in [0.1, 0.15) is 11.6 Å². The zero-order chi connectivity index (χ0) is 25.1. The zero-order valence-electron chi connectivity index (χ0n) is 18.1. The summed E-state index contributed by atoms with van der Waals surface area (Å²) in [6, 6.07) is 8.63. The lowest BCUT2D eigenvalue weighted by atomic mass is 10.1. The molecular formula is C22H18F2N4O7. The predicted octanol–water partition coefficient (Wildman–Crippen LogP) is 1.61. The number of rotatable bonds is 6. The van der Waals surface area contributed by atoms with E-state index in [0.29, 0.717) is 11.6 Å². The molecular weight excluding hydrogens is 470 g/mol. The third-order valence-corrected chi connectivity index (χ3v) is 4.97. The molecule has 1 fully saturated rings. The monoisotopic (exact) mass is 488 g/mol. The minimum atomic E-state index is -1.69. The van der Waals surface area contributed by atoms with Crippen molar-refractivity contribution >= 4 is 29.2 Å². The quantitative estimate of drug-likeness (QED) is 0.498. The summed E-state index contributed by atoms with van der Waals surface area (Å²) in [6.07, 6.45) is -3.24. The van der Waals surface area contributed by atoms with Crippen LogP contribution in [-0.4, -0.2) is 53.3 Å². The number of halogens is 2. The summed E-state index contributed by atoms with van der Waals surface area (Å²) in [7, 11) is 0. The predicted molar refractivity (Wildman–Crippen MR) is 115 cm³/mol. The first-order chi connectivity index (χ1) is 16.7. The van der Waals surface area contributed by atoms with Gasteiger partial charge in [-0.1, -0.05) is 5.16 Å². The topological polar surface area (TPSA) is 144 Å². The third kappa shape index (κ3) is 5.41. The van der Waals surface area contributed by atoms with E-state index in [4.69, 9.17) is 9.47 Å². The second-order valence-corrected chi connectivity index (χ2v) is 7.45. The average molecular weight is 488 g/mol. The minimum absolute atomic E-state index is 0.0295. The van der Waals surface area contributed by atoms with Crippen LogP contribution in [-0.2, 0) is 23.9 Å². The molecule has 0 unspecified atom stereocenters. The van der Waals surface area contributed by atoms with E-state index in [1.54, 1.807) is 0 Å². The van der Waals surface area contributed by atoms with E-state index in [2.05, 4.69) is 20.0 Å². The largest absolute Gasteiger partial charge is 0.449 e. The molecule has 11 nitrogen and oxygen atoms in total. The van der Waals surface area contributed by atoms with Gasteiger partial charge in [0.25, 0.3) is 11.8 Å². The van der Waals surface area contributed by atoms with Gasteiger partial charge < -0.3 is 19.7 Å². The van der Waals surface area contributed by atoms with Crippen molar-refractivity contribution in [1.82, 2.24) is 10.1 Å². The van der Waals surface area contributed by atoms with E-state index in [-0.39, 0.29) is 30.4 Å². The summed E-state index contributed by atoms with van der Waals surface area (Å²) in [5, 5.41) is 6.08. The van der Waals surface area contributed by atoms with Gasteiger partial charge in [0, 0.05) is 36.5 Å². The van der Waals surface area contributed by atoms with Crippen LogP contribution in [0.5, 0.6) is 0 Å². The number of ether oxygens (including phenoxy) is 2. The first-order valence-electron chi connectivity index (χ1n) is 10.2. The van der Waals surface area contributed by atoms with E-state index >= 15 is 0 Å². The van der Waals surface area contributed by atoms with Crippen LogP contribution in [0.3, 0.4) is 0 Å². The molecule has 0 bridgehead atoms. The van der Waals surface area contributed by atoms with Crippen LogP contribution in [0.1, 0.15) is 6.92 Å². The molecule has 0 radical (unpaired) electrons. The minimum Gasteiger partial charge on any atom is -0.449 e. The van der Waals surface area contributed by atoms with Crippen molar-refractivity contribution in [2.24, 2.45) is 0 Å². The van der Waals surface area contributed by atoms with Crippen molar-refractivity contribution in [3.63, 3.8) is 0 Å². The molecule has 2 N–H and O–H groups in total. The molecule has 13 heteroatoms. The van der Waals surface area contributed by atoms with Crippen LogP contribution in [0.25, 0.3) is 11.4 Å². The Labute approximate surface area is 195 Å². The van der Waals surface area contributed by atoms with Crippen molar-refractivity contribution in [3.05, 3.63) is 64.6 Å². The Morgan fingerprint density at radius 2 is 1.86 bits per heavy atom. The SMILES string of the molecule is CC(=O)O[C@@H](C(=O)Nc1ccc(-c2noc(=O)[nH]2)cc1)[C@H]1OCCN(c2cc(F)cc(F)c2)C1=O. The van der Waals surface area contributed by atoms with Gasteiger partial charge in [-0.2, -0.15) is 0 Å². The molecule has 0 aliphatic carbocycles. The van der Waals surface area contributed by atoms with E-state index in [0.717, 1.165) is 24.0 Å². The molecule has 3 aromatic rings. The van der Waals surface area contributed by atoms with Crippen molar-refractivity contribution < 1.29 is 37.2 Å². The number of nitrogens with zero attached hydrogens (tertiary/aromatic N) is 2. The molecule has 182 valence electrons. The van der Waals surface area contributed by atoms with Crippen LogP contribution >= 0.6 is 0 Å². The summed E-state index contributed by atoms with van der Waals surface area (Å²) >= 11 is 0. The first kappa shape index (κ1) is 23.8. The van der Waals surface area contributed by atoms with Gasteiger partial charge in [-0.25, -0.2) is 13.6 Å². The highest BCUT2D eigenvalue weighted by Crippen LogP contribution is 2.24. The molecule has 2 atom stereocenters. The molecule has 1 aliphatic heterocycles. The Morgan fingerprint density at radius 3 is 2.46 bits per heavy atom. The highest BCUT2D eigenvalue weighted by molar-refractivity contribution is 6.04. The van der Waals surface area contributed by atoms with Crippen molar-refractivity contribution in [2.45, 2.75) is 19.1 Å². The first-order valence-corrected chi connectivity index (χ1v) is 10.2. The number of aromatic amines is 1. The number of nitrogens with one attached hydrogen (secondary N) is 2. The maximum absolute atomic E-state index is 13.7. The Kier molecular flexibility index (Phi) is 6.68. The molecule has 2 amide bonds. The van der Waals surface area contributed by atoms with Crippen LogP contribution in [0.15, 0.2) is 51.8 Å². The number of morpholine rings is 1. The molecule has 0 saturated carbocycles. The van der Waals surface area contributed by atoms with Crippen molar-refractivity contribution in [3.8, 4) is 11.4 Å². The van der Waals surface area contributed by atoms with Crippen LogP contribution < -0.4 is 16.0 Å². The van der Waals surface area contributed by atoms with Gasteiger partial charge in [0.2, 0.25) is 6.10 Å². The molecule has 2 aromatic carbocycles. The Morgan fingerprint density at radius 1 is 1.17 bits per heavy atom. The number of hydrogen-bond donors (Lipinski definition) is 2. The van der Waals surface area contributed by atoms with Gasteiger partial charge in [0.15, 0.2) is 11.9 Å². The lowest BCUT2D eigenvalue weighted by molar-refractivity contribution is -0.167. The standard InChI is InChI=1S/C22H18F2N4O7/c1-11(29)34-17(18-21(31)28(6-7-33-18)16-9-13(23)8-14(24)10-16)20(30)25-15-4-2-12(3-5-15)19-26-22(32)35-27-19/h2-5,8-10,17-18H,6-7H2,1H3,(H,25,30)(H,26,27,32)/t17-,18-/m1/s1. The Hall–Kier alpha value is -4.39. The number of carbonyl (C=O) groups is 3. The number of benzene rings is 2. The fourth-order valence-corrected chi connectivity index (χ4v) is 3.49. The van der Waals surface area contributed by atoms with E-state index in [9.17, 15) is 28.0 Å². The molecule has 2 heterocycles. The summed E-state index contributed by atoms with van der Waals surface area (Å²) < 4.78 is 42.3. The van der Waals surface area contributed by atoms with Gasteiger partial charge in [-0.15, -0.1) is 0 Å². The zero-order valence-corrected chi connectivity index (χ0v) is 18.1. The molecule has 1 saturated heterocycles. The number of anilines is 2. The number of carbonyl (C=O) groups excluding carboxylic acids is 3.